The maximum atomic E-state index is 5.25. The van der Waals surface area contributed by atoms with E-state index in [-0.39, 0.29) is 17.1 Å². The van der Waals surface area contributed by atoms with Gasteiger partial charge in [-0.2, -0.15) is 21.4 Å². The second kappa shape index (κ2) is 7.29. The first-order chi connectivity index (χ1) is 7.88. The van der Waals surface area contributed by atoms with E-state index in [0.29, 0.717) is 0 Å². The number of hydrogen-bond donors (Lipinski definition) is 0. The Morgan fingerprint density at radius 3 is 2.06 bits per heavy atom. The van der Waals surface area contributed by atoms with E-state index < -0.39 is 0 Å². The van der Waals surface area contributed by atoms with Crippen LogP contribution in [0.3, 0.4) is 0 Å². The Morgan fingerprint density at radius 1 is 1.00 bits per heavy atom. The molecule has 3 heteroatoms. The van der Waals surface area contributed by atoms with E-state index in [4.69, 9.17) is 4.42 Å². The average molecular weight is 284 g/mol. The summed E-state index contributed by atoms with van der Waals surface area (Å²) < 4.78 is 5.25. The van der Waals surface area contributed by atoms with Crippen LogP contribution in [0.25, 0.3) is 11.3 Å². The second-order valence-electron chi connectivity index (χ2n) is 3.33. The molecule has 0 aliphatic carbocycles. The van der Waals surface area contributed by atoms with Crippen LogP contribution in [-0.2, 0) is 17.1 Å². The van der Waals surface area contributed by atoms with Crippen molar-refractivity contribution in [1.82, 2.24) is 0 Å². The van der Waals surface area contributed by atoms with Gasteiger partial charge >= 0.3 is 0 Å². The topological polar surface area (TPSA) is 13.1 Å². The van der Waals surface area contributed by atoms with Crippen LogP contribution >= 0.6 is 9.24 Å². The first kappa shape index (κ1) is 14.0. The van der Waals surface area contributed by atoms with Gasteiger partial charge in [-0.05, 0) is 6.07 Å². The monoisotopic (exact) mass is 284 g/mol. The number of rotatable bonds is 1. The molecule has 3 aromatic rings. The zero-order valence-electron chi connectivity index (χ0n) is 9.19. The van der Waals surface area contributed by atoms with Crippen molar-refractivity contribution in [3.8, 4) is 11.3 Å². The van der Waals surface area contributed by atoms with Crippen LogP contribution in [0.2, 0.25) is 0 Å². The molecule has 0 aliphatic heterocycles. The standard InChI is InChI=1S/C9H8OP.C5H5.Fe/c11-9-5-1-3-7(9)8-4-2-6-10-8;1-2-4-5-3-1;/h1-6H,11H2;1-5H;/q-1;-5;. The smallest absolute Gasteiger partial charge is 0.0768 e. The largest absolute Gasteiger partial charge is 0.748 e. The summed E-state index contributed by atoms with van der Waals surface area (Å²) in [5.74, 6) is 0.931. The fraction of sp³-hybridized carbons (Fsp3) is 0. The van der Waals surface area contributed by atoms with Gasteiger partial charge in [-0.1, -0.05) is 6.07 Å². The van der Waals surface area contributed by atoms with Gasteiger partial charge in [-0.25, -0.2) is 0 Å². The van der Waals surface area contributed by atoms with Gasteiger partial charge in [0.1, 0.15) is 0 Å². The van der Waals surface area contributed by atoms with Crippen LogP contribution in [0.5, 0.6) is 0 Å². The SMILES string of the molecule is P[c-]1cccc1-c1ccco1.[Fe].[cH-]1[cH-][cH-][cH-][cH-]1. The van der Waals surface area contributed by atoms with Crippen molar-refractivity contribution in [2.24, 2.45) is 0 Å². The van der Waals surface area contributed by atoms with Gasteiger partial charge in [0.2, 0.25) is 0 Å². The fourth-order valence-electron chi connectivity index (χ4n) is 1.41. The number of furan rings is 1. The third-order valence-electron chi connectivity index (χ3n) is 2.19. The van der Waals surface area contributed by atoms with Gasteiger partial charge in [-0.3, -0.25) is 0 Å². The normalized spacial score (nSPS) is 9.00. The van der Waals surface area contributed by atoms with Crippen molar-refractivity contribution in [2.75, 3.05) is 0 Å². The van der Waals surface area contributed by atoms with Crippen LogP contribution in [0.15, 0.2) is 71.3 Å². The van der Waals surface area contributed by atoms with Gasteiger partial charge < -0.3 is 34.7 Å². The summed E-state index contributed by atoms with van der Waals surface area (Å²) in [7, 11) is 2.68. The third-order valence-corrected chi connectivity index (χ3v) is 2.70. The molecule has 1 unspecified atom stereocenters. The first-order valence-corrected chi connectivity index (χ1v) is 5.67. The fourth-order valence-corrected chi connectivity index (χ4v) is 1.76. The zero-order chi connectivity index (χ0) is 11.2. The summed E-state index contributed by atoms with van der Waals surface area (Å²) >= 11 is 0. The second-order valence-corrected chi connectivity index (χ2v) is 3.96. The molecule has 1 heterocycles. The van der Waals surface area contributed by atoms with Crippen molar-refractivity contribution in [3.63, 3.8) is 0 Å². The van der Waals surface area contributed by atoms with Crippen LogP contribution in [0, 0.1) is 0 Å². The molecule has 0 radical (unpaired) electrons. The maximum Gasteiger partial charge on any atom is 0.0768 e. The van der Waals surface area contributed by atoms with Crippen LogP contribution in [0.4, 0.5) is 0 Å². The quantitative estimate of drug-likeness (QED) is 0.378. The van der Waals surface area contributed by atoms with E-state index in [9.17, 15) is 0 Å². The van der Waals surface area contributed by atoms with E-state index in [0.717, 1.165) is 11.3 Å². The minimum absolute atomic E-state index is 0. The Kier molecular flexibility index (Phi) is 6.00. The maximum absolute atomic E-state index is 5.25. The summed E-state index contributed by atoms with van der Waals surface area (Å²) in [6.07, 6.45) is 1.69. The predicted molar refractivity (Wildman–Crippen MR) is 71.1 cm³/mol. The summed E-state index contributed by atoms with van der Waals surface area (Å²) in [6.45, 7) is 0. The molecule has 0 saturated heterocycles. The van der Waals surface area contributed by atoms with E-state index >= 15 is 0 Å². The van der Waals surface area contributed by atoms with E-state index in [1.807, 2.05) is 60.7 Å². The Labute approximate surface area is 114 Å². The van der Waals surface area contributed by atoms with Crippen molar-refractivity contribution in [2.45, 2.75) is 0 Å². The molecule has 0 fully saturated rings. The Hall–Kier alpha value is -1.07. The van der Waals surface area contributed by atoms with Crippen molar-refractivity contribution < 1.29 is 21.5 Å². The third kappa shape index (κ3) is 4.02. The molecule has 1 aromatic heterocycles. The molecular formula is C14H13FeOP-6. The average Bonchev–Trinajstić information content (AvgIpc) is 3.02. The van der Waals surface area contributed by atoms with Gasteiger partial charge in [0.15, 0.2) is 0 Å². The minimum Gasteiger partial charge on any atom is -0.748 e. The first-order valence-electron chi connectivity index (χ1n) is 5.09. The molecule has 17 heavy (non-hydrogen) atoms. The van der Waals surface area contributed by atoms with E-state index in [2.05, 4.69) is 9.24 Å². The van der Waals surface area contributed by atoms with E-state index in [1.165, 1.54) is 5.30 Å². The van der Waals surface area contributed by atoms with Gasteiger partial charge in [-0.15, -0.1) is 16.9 Å². The summed E-state index contributed by atoms with van der Waals surface area (Å²) in [4.78, 5) is 0. The molecule has 2 aromatic carbocycles. The molecule has 0 N–H and O–H groups in total. The molecule has 0 amide bonds. The summed E-state index contributed by atoms with van der Waals surface area (Å²) in [6, 6.07) is 20.0. The predicted octanol–water partition coefficient (Wildman–Crippen LogP) is 3.57. The zero-order valence-corrected chi connectivity index (χ0v) is 11.4. The summed E-state index contributed by atoms with van der Waals surface area (Å²) in [5, 5.41) is 1.18. The summed E-state index contributed by atoms with van der Waals surface area (Å²) in [5.41, 5.74) is 1.15. The van der Waals surface area contributed by atoms with Crippen LogP contribution in [-0.4, -0.2) is 0 Å². The Morgan fingerprint density at radius 2 is 1.65 bits per heavy atom. The molecule has 0 aliphatic rings. The molecule has 3 rings (SSSR count). The van der Waals surface area contributed by atoms with Crippen molar-refractivity contribution >= 4 is 14.5 Å². The van der Waals surface area contributed by atoms with Gasteiger partial charge in [0.05, 0.1) is 12.0 Å². The number of hydrogen-bond acceptors (Lipinski definition) is 1. The molecule has 1 atom stereocenters. The molecule has 0 bridgehead atoms. The van der Waals surface area contributed by atoms with Gasteiger partial charge in [0.25, 0.3) is 0 Å². The van der Waals surface area contributed by atoms with Crippen LogP contribution in [0.1, 0.15) is 0 Å². The molecule has 1 nitrogen and oxygen atoms in total. The van der Waals surface area contributed by atoms with Crippen molar-refractivity contribution in [3.05, 3.63) is 66.9 Å². The Balaban J connectivity index is 0.000000205. The van der Waals surface area contributed by atoms with Crippen LogP contribution < -0.4 is 5.30 Å². The molecule has 0 spiro atoms. The van der Waals surface area contributed by atoms with E-state index in [1.54, 1.807) is 6.26 Å². The molecule has 94 valence electrons. The Bertz CT molecular complexity index is 477. The molecule has 0 saturated carbocycles. The van der Waals surface area contributed by atoms with Crippen molar-refractivity contribution in [1.29, 1.82) is 0 Å². The molecular weight excluding hydrogens is 271 g/mol. The van der Waals surface area contributed by atoms with Gasteiger partial charge in [0, 0.05) is 17.1 Å². The minimum atomic E-state index is 0.